The molecular formula is C25H33N5O. The molecule has 1 unspecified atom stereocenters. The van der Waals surface area contributed by atoms with E-state index in [-0.39, 0.29) is 12.0 Å². The largest absolute Gasteiger partial charge is 0.356 e. The molecule has 0 N–H and O–H groups in total. The zero-order valence-electron chi connectivity index (χ0n) is 18.6. The second-order valence-corrected chi connectivity index (χ2v) is 9.30. The molecule has 0 radical (unpaired) electrons. The van der Waals surface area contributed by atoms with Gasteiger partial charge in [-0.05, 0) is 64.0 Å². The zero-order valence-corrected chi connectivity index (χ0v) is 18.6. The van der Waals surface area contributed by atoms with Gasteiger partial charge in [0.05, 0.1) is 6.04 Å². The summed E-state index contributed by atoms with van der Waals surface area (Å²) in [7, 11) is 0. The number of hydrogen-bond acceptors (Lipinski definition) is 5. The monoisotopic (exact) mass is 419 g/mol. The van der Waals surface area contributed by atoms with Crippen molar-refractivity contribution in [3.63, 3.8) is 0 Å². The number of pyridine rings is 1. The first-order valence-corrected chi connectivity index (χ1v) is 12.0. The molecule has 1 saturated heterocycles. The molecule has 1 amide bonds. The van der Waals surface area contributed by atoms with E-state index in [0.717, 1.165) is 94.0 Å². The third-order valence-electron chi connectivity index (χ3n) is 7.27. The first kappa shape index (κ1) is 20.4. The van der Waals surface area contributed by atoms with E-state index in [0.29, 0.717) is 5.91 Å². The predicted molar refractivity (Wildman–Crippen MR) is 121 cm³/mol. The number of carbonyl (C=O) groups is 1. The van der Waals surface area contributed by atoms with Gasteiger partial charge in [-0.15, -0.1) is 0 Å². The smallest absolute Gasteiger partial charge is 0.226 e. The summed E-state index contributed by atoms with van der Waals surface area (Å²) in [6, 6.07) is 6.13. The van der Waals surface area contributed by atoms with Crippen molar-refractivity contribution in [2.45, 2.75) is 70.8 Å². The SMILES string of the molecule is Cc1nc(C2CCCCN2C(=O)C2CCC2)nc2c1CCCN2CCc1ccccn1. The fourth-order valence-electron chi connectivity index (χ4n) is 5.22. The number of aryl methyl sites for hydroxylation is 1. The van der Waals surface area contributed by atoms with Crippen LogP contribution in [-0.4, -0.2) is 45.4 Å². The number of amides is 1. The second-order valence-electron chi connectivity index (χ2n) is 9.30. The molecule has 1 atom stereocenters. The highest BCUT2D eigenvalue weighted by Crippen LogP contribution is 2.37. The minimum atomic E-state index is 0.0328. The van der Waals surface area contributed by atoms with Crippen molar-refractivity contribution < 1.29 is 4.79 Å². The van der Waals surface area contributed by atoms with Gasteiger partial charge in [-0.25, -0.2) is 9.97 Å². The van der Waals surface area contributed by atoms with Crippen LogP contribution in [0.1, 0.15) is 73.8 Å². The van der Waals surface area contributed by atoms with Gasteiger partial charge >= 0.3 is 0 Å². The Hall–Kier alpha value is -2.50. The van der Waals surface area contributed by atoms with Crippen LogP contribution in [0.2, 0.25) is 0 Å². The molecule has 1 aliphatic carbocycles. The van der Waals surface area contributed by atoms with Crippen molar-refractivity contribution in [1.82, 2.24) is 19.9 Å². The molecule has 0 aromatic carbocycles. The number of aromatic nitrogens is 3. The molecule has 2 aromatic heterocycles. The number of nitrogens with zero attached hydrogens (tertiary/aromatic N) is 5. The predicted octanol–water partition coefficient (Wildman–Crippen LogP) is 4.03. The number of hydrogen-bond donors (Lipinski definition) is 0. The Morgan fingerprint density at radius 2 is 1.97 bits per heavy atom. The Morgan fingerprint density at radius 3 is 2.74 bits per heavy atom. The Labute approximate surface area is 185 Å². The summed E-state index contributed by atoms with van der Waals surface area (Å²) in [6.07, 6.45) is 11.4. The van der Waals surface area contributed by atoms with Crippen LogP contribution in [0.5, 0.6) is 0 Å². The summed E-state index contributed by atoms with van der Waals surface area (Å²) in [6.45, 7) is 4.90. The molecule has 31 heavy (non-hydrogen) atoms. The van der Waals surface area contributed by atoms with Gasteiger partial charge < -0.3 is 9.80 Å². The third kappa shape index (κ3) is 4.17. The van der Waals surface area contributed by atoms with Crippen LogP contribution in [0.3, 0.4) is 0 Å². The van der Waals surface area contributed by atoms with Crippen LogP contribution in [0.25, 0.3) is 0 Å². The van der Waals surface area contributed by atoms with Crippen molar-refractivity contribution in [3.8, 4) is 0 Å². The summed E-state index contributed by atoms with van der Waals surface area (Å²) < 4.78 is 0. The van der Waals surface area contributed by atoms with Crippen LogP contribution >= 0.6 is 0 Å². The molecule has 2 fully saturated rings. The molecule has 6 nitrogen and oxygen atoms in total. The van der Waals surface area contributed by atoms with Crippen molar-refractivity contribution in [1.29, 1.82) is 0 Å². The summed E-state index contributed by atoms with van der Waals surface area (Å²) in [5.74, 6) is 2.51. The molecule has 0 bridgehead atoms. The van der Waals surface area contributed by atoms with Gasteiger partial charge in [-0.3, -0.25) is 9.78 Å². The van der Waals surface area contributed by atoms with Crippen molar-refractivity contribution >= 4 is 11.7 Å². The Bertz CT molecular complexity index is 927. The lowest BCUT2D eigenvalue weighted by Gasteiger charge is -2.40. The highest BCUT2D eigenvalue weighted by molar-refractivity contribution is 5.80. The van der Waals surface area contributed by atoms with E-state index in [2.05, 4.69) is 27.8 Å². The third-order valence-corrected chi connectivity index (χ3v) is 7.27. The van der Waals surface area contributed by atoms with Crippen molar-refractivity contribution in [2.75, 3.05) is 24.5 Å². The van der Waals surface area contributed by atoms with Gasteiger partial charge in [0.1, 0.15) is 5.82 Å². The molecule has 0 spiro atoms. The van der Waals surface area contributed by atoms with Gasteiger partial charge in [0.25, 0.3) is 0 Å². The maximum atomic E-state index is 13.1. The highest BCUT2D eigenvalue weighted by Gasteiger charge is 2.37. The topological polar surface area (TPSA) is 62.2 Å². The number of carbonyl (C=O) groups excluding carboxylic acids is 1. The summed E-state index contributed by atoms with van der Waals surface area (Å²) >= 11 is 0. The minimum absolute atomic E-state index is 0.0328. The fraction of sp³-hybridized carbons (Fsp3) is 0.600. The fourth-order valence-corrected chi connectivity index (χ4v) is 5.22. The lowest BCUT2D eigenvalue weighted by Crippen LogP contribution is -2.44. The van der Waals surface area contributed by atoms with Gasteiger partial charge in [0.2, 0.25) is 5.91 Å². The number of rotatable bonds is 5. The lowest BCUT2D eigenvalue weighted by molar-refractivity contribution is -0.142. The Balaban J connectivity index is 1.41. The van der Waals surface area contributed by atoms with Crippen LogP contribution in [0.15, 0.2) is 24.4 Å². The first-order chi connectivity index (χ1) is 15.2. The van der Waals surface area contributed by atoms with E-state index < -0.39 is 0 Å². The van der Waals surface area contributed by atoms with Crippen LogP contribution in [-0.2, 0) is 17.6 Å². The molecule has 4 heterocycles. The molecule has 1 saturated carbocycles. The summed E-state index contributed by atoms with van der Waals surface area (Å²) in [5.41, 5.74) is 3.48. The van der Waals surface area contributed by atoms with Crippen molar-refractivity contribution in [3.05, 3.63) is 47.2 Å². The van der Waals surface area contributed by atoms with Crippen molar-refractivity contribution in [2.24, 2.45) is 5.92 Å². The van der Waals surface area contributed by atoms with Crippen LogP contribution in [0.4, 0.5) is 5.82 Å². The average molecular weight is 420 g/mol. The minimum Gasteiger partial charge on any atom is -0.356 e. The lowest BCUT2D eigenvalue weighted by atomic mass is 9.83. The molecule has 6 heteroatoms. The number of anilines is 1. The van der Waals surface area contributed by atoms with E-state index >= 15 is 0 Å². The van der Waals surface area contributed by atoms with Crippen LogP contribution in [0, 0.1) is 12.8 Å². The molecule has 2 aromatic rings. The zero-order chi connectivity index (χ0) is 21.2. The van der Waals surface area contributed by atoms with Gasteiger partial charge in [-0.1, -0.05) is 12.5 Å². The van der Waals surface area contributed by atoms with Crippen LogP contribution < -0.4 is 4.90 Å². The maximum Gasteiger partial charge on any atom is 0.226 e. The van der Waals surface area contributed by atoms with E-state index in [1.165, 1.54) is 12.0 Å². The van der Waals surface area contributed by atoms with E-state index in [9.17, 15) is 4.79 Å². The molecular weight excluding hydrogens is 386 g/mol. The number of piperidine rings is 1. The van der Waals surface area contributed by atoms with Gasteiger partial charge in [0, 0.05) is 55.1 Å². The first-order valence-electron chi connectivity index (χ1n) is 12.0. The molecule has 164 valence electrons. The molecule has 2 aliphatic heterocycles. The standard InChI is InChI=1S/C25H33N5O/c1-18-21-11-7-15-29(17-13-20-10-2-4-14-26-20)24(21)28-23(27-18)22-12-3-5-16-30(22)25(31)19-8-6-9-19/h2,4,10,14,19,22H,3,5-9,11-13,15-17H2,1H3. The summed E-state index contributed by atoms with van der Waals surface area (Å²) in [4.78, 5) is 32.2. The quantitative estimate of drug-likeness (QED) is 0.732. The highest BCUT2D eigenvalue weighted by atomic mass is 16.2. The average Bonchev–Trinajstić information content (AvgIpc) is 2.77. The Morgan fingerprint density at radius 1 is 1.06 bits per heavy atom. The second kappa shape index (κ2) is 8.93. The molecule has 3 aliphatic rings. The van der Waals surface area contributed by atoms with Gasteiger partial charge in [-0.2, -0.15) is 0 Å². The Kier molecular flexibility index (Phi) is 5.88. The molecule has 5 rings (SSSR count). The van der Waals surface area contributed by atoms with E-state index in [1.807, 2.05) is 18.3 Å². The number of fused-ring (bicyclic) bond motifs is 1. The van der Waals surface area contributed by atoms with E-state index in [4.69, 9.17) is 9.97 Å². The normalized spacial score (nSPS) is 21.5. The van der Waals surface area contributed by atoms with Gasteiger partial charge in [0.15, 0.2) is 5.82 Å². The summed E-state index contributed by atoms with van der Waals surface area (Å²) in [5, 5.41) is 0. The maximum absolute atomic E-state index is 13.1. The van der Waals surface area contributed by atoms with E-state index in [1.54, 1.807) is 0 Å². The number of likely N-dealkylation sites (tertiary alicyclic amines) is 1.